The Labute approximate surface area is 145 Å². The van der Waals surface area contributed by atoms with E-state index >= 15 is 0 Å². The second-order valence-electron chi connectivity index (χ2n) is 5.93. The van der Waals surface area contributed by atoms with Gasteiger partial charge in [-0.1, -0.05) is 0 Å². The lowest BCUT2D eigenvalue weighted by atomic mass is 10.2. The molecule has 0 spiro atoms. The van der Waals surface area contributed by atoms with Crippen LogP contribution in [0.3, 0.4) is 0 Å². The summed E-state index contributed by atoms with van der Waals surface area (Å²) in [6.45, 7) is 2.47. The number of nitrogens with zero attached hydrogens (tertiary/aromatic N) is 6. The van der Waals surface area contributed by atoms with Crippen molar-refractivity contribution in [3.8, 4) is 0 Å². The zero-order valence-corrected chi connectivity index (χ0v) is 13.5. The fourth-order valence-electron chi connectivity index (χ4n) is 2.97. The Morgan fingerprint density at radius 3 is 2.12 bits per heavy atom. The van der Waals surface area contributed by atoms with E-state index < -0.39 is 12.0 Å². The van der Waals surface area contributed by atoms with Gasteiger partial charge in [0.1, 0.15) is 11.6 Å². The van der Waals surface area contributed by atoms with Gasteiger partial charge in [-0.05, 0) is 36.4 Å². The van der Waals surface area contributed by atoms with Gasteiger partial charge < -0.3 is 9.80 Å². The molecule has 6 nitrogen and oxygen atoms in total. The molecule has 0 unspecified atom stereocenters. The van der Waals surface area contributed by atoms with Crippen LogP contribution in [-0.4, -0.2) is 46.0 Å². The Morgan fingerprint density at radius 1 is 0.808 bits per heavy atom. The highest BCUT2D eigenvalue weighted by atomic mass is 19.4. The van der Waals surface area contributed by atoms with E-state index in [4.69, 9.17) is 0 Å². The summed E-state index contributed by atoms with van der Waals surface area (Å²) >= 11 is 0. The van der Waals surface area contributed by atoms with E-state index in [1.807, 2.05) is 4.90 Å². The number of halogens is 4. The topological polar surface area (TPSA) is 49.6 Å². The van der Waals surface area contributed by atoms with E-state index in [1.54, 1.807) is 18.2 Å². The van der Waals surface area contributed by atoms with Crippen molar-refractivity contribution < 1.29 is 17.6 Å². The van der Waals surface area contributed by atoms with Gasteiger partial charge in [-0.15, -0.1) is 15.3 Å². The Hall–Kier alpha value is -2.91. The van der Waals surface area contributed by atoms with E-state index in [-0.39, 0.29) is 11.5 Å². The molecule has 1 saturated heterocycles. The van der Waals surface area contributed by atoms with Gasteiger partial charge in [0.15, 0.2) is 5.65 Å². The van der Waals surface area contributed by atoms with E-state index in [1.165, 1.54) is 18.2 Å². The van der Waals surface area contributed by atoms with Crippen molar-refractivity contribution in [2.75, 3.05) is 36.0 Å². The largest absolute Gasteiger partial charge is 0.453 e. The van der Waals surface area contributed by atoms with Crippen LogP contribution in [0, 0.1) is 5.82 Å². The first-order chi connectivity index (χ1) is 12.4. The summed E-state index contributed by atoms with van der Waals surface area (Å²) in [5, 5.41) is 10.7. The molecule has 0 aliphatic carbocycles. The maximum atomic E-state index is 13.0. The quantitative estimate of drug-likeness (QED) is 0.653. The van der Waals surface area contributed by atoms with Gasteiger partial charge in [-0.3, -0.25) is 0 Å². The molecule has 0 atom stereocenters. The molecule has 26 heavy (non-hydrogen) atoms. The van der Waals surface area contributed by atoms with Crippen molar-refractivity contribution >= 4 is 17.2 Å². The van der Waals surface area contributed by atoms with Gasteiger partial charge in [0.2, 0.25) is 0 Å². The third-order valence-corrected chi connectivity index (χ3v) is 4.30. The monoisotopic (exact) mass is 366 g/mol. The summed E-state index contributed by atoms with van der Waals surface area (Å²) < 4.78 is 52.7. The first-order valence-electron chi connectivity index (χ1n) is 7.97. The van der Waals surface area contributed by atoms with Crippen LogP contribution in [0.2, 0.25) is 0 Å². The highest BCUT2D eigenvalue weighted by Gasteiger charge is 2.37. The molecule has 2 aromatic heterocycles. The summed E-state index contributed by atoms with van der Waals surface area (Å²) in [5.74, 6) is -1.000. The molecule has 10 heteroatoms. The highest BCUT2D eigenvalue weighted by molar-refractivity contribution is 5.50. The predicted octanol–water partition coefficient (Wildman–Crippen LogP) is 2.61. The summed E-state index contributed by atoms with van der Waals surface area (Å²) in [6, 6.07) is 9.34. The molecule has 0 N–H and O–H groups in total. The summed E-state index contributed by atoms with van der Waals surface area (Å²) in [6.07, 6.45) is -4.62. The van der Waals surface area contributed by atoms with Gasteiger partial charge in [-0.2, -0.15) is 17.7 Å². The second-order valence-corrected chi connectivity index (χ2v) is 5.93. The summed E-state index contributed by atoms with van der Waals surface area (Å²) in [4.78, 5) is 3.99. The van der Waals surface area contributed by atoms with Crippen LogP contribution in [0.25, 0.3) is 5.65 Å². The second kappa shape index (κ2) is 6.11. The van der Waals surface area contributed by atoms with Crippen LogP contribution in [0.1, 0.15) is 5.82 Å². The minimum Gasteiger partial charge on any atom is -0.368 e. The number of benzene rings is 1. The van der Waals surface area contributed by atoms with Gasteiger partial charge >= 0.3 is 6.18 Å². The summed E-state index contributed by atoms with van der Waals surface area (Å²) in [7, 11) is 0. The van der Waals surface area contributed by atoms with Gasteiger partial charge in [0.25, 0.3) is 5.82 Å². The molecular formula is C16H14F4N6. The van der Waals surface area contributed by atoms with Crippen LogP contribution in [0.15, 0.2) is 36.4 Å². The first-order valence-corrected chi connectivity index (χ1v) is 7.97. The number of alkyl halides is 3. The molecule has 1 aromatic carbocycles. The standard InChI is InChI=1S/C16H14F4N6/c17-11-1-3-12(4-2-11)24-7-9-25(10-8-24)14-6-5-13-21-22-15(16(18,19)20)26(13)23-14/h1-6H,7-10H2. The van der Waals surface area contributed by atoms with E-state index in [0.717, 1.165) is 10.2 Å². The van der Waals surface area contributed by atoms with E-state index in [2.05, 4.69) is 20.2 Å². The van der Waals surface area contributed by atoms with Crippen LogP contribution >= 0.6 is 0 Å². The Bertz CT molecular complexity index is 913. The zero-order valence-electron chi connectivity index (χ0n) is 13.5. The molecule has 3 heterocycles. The molecule has 0 radical (unpaired) electrons. The third-order valence-electron chi connectivity index (χ3n) is 4.30. The van der Waals surface area contributed by atoms with Crippen LogP contribution in [0.5, 0.6) is 0 Å². The SMILES string of the molecule is Fc1ccc(N2CCN(c3ccc4nnc(C(F)(F)F)n4n3)CC2)cc1. The average Bonchev–Trinajstić information content (AvgIpc) is 3.06. The maximum Gasteiger partial charge on any atom is 0.453 e. The van der Waals surface area contributed by atoms with Crippen molar-refractivity contribution in [1.29, 1.82) is 0 Å². The van der Waals surface area contributed by atoms with Gasteiger partial charge in [-0.25, -0.2) is 4.39 Å². The van der Waals surface area contributed by atoms with Crippen molar-refractivity contribution in [3.05, 3.63) is 48.0 Å². The number of fused-ring (bicyclic) bond motifs is 1. The highest BCUT2D eigenvalue weighted by Crippen LogP contribution is 2.28. The van der Waals surface area contributed by atoms with Crippen molar-refractivity contribution in [2.24, 2.45) is 0 Å². The van der Waals surface area contributed by atoms with Crippen LogP contribution in [0.4, 0.5) is 29.1 Å². The lowest BCUT2D eigenvalue weighted by Gasteiger charge is -2.36. The smallest absolute Gasteiger partial charge is 0.368 e. The number of hydrogen-bond acceptors (Lipinski definition) is 5. The molecule has 0 bridgehead atoms. The molecule has 1 fully saturated rings. The summed E-state index contributed by atoms with van der Waals surface area (Å²) in [5.41, 5.74) is 0.957. The van der Waals surface area contributed by atoms with Crippen molar-refractivity contribution in [2.45, 2.75) is 6.18 Å². The Balaban J connectivity index is 1.53. The van der Waals surface area contributed by atoms with Crippen LogP contribution in [-0.2, 0) is 6.18 Å². The number of piperazine rings is 1. The first kappa shape index (κ1) is 16.6. The van der Waals surface area contributed by atoms with Crippen LogP contribution < -0.4 is 9.80 Å². The van der Waals surface area contributed by atoms with Gasteiger partial charge in [0, 0.05) is 31.9 Å². The lowest BCUT2D eigenvalue weighted by Crippen LogP contribution is -2.47. The number of anilines is 2. The zero-order chi connectivity index (χ0) is 18.3. The molecule has 3 aromatic rings. The average molecular weight is 366 g/mol. The molecular weight excluding hydrogens is 352 g/mol. The molecule has 1 aliphatic rings. The number of aromatic nitrogens is 4. The van der Waals surface area contributed by atoms with Crippen molar-refractivity contribution in [1.82, 2.24) is 19.8 Å². The Morgan fingerprint density at radius 2 is 1.46 bits per heavy atom. The van der Waals surface area contributed by atoms with E-state index in [0.29, 0.717) is 32.0 Å². The fraction of sp³-hybridized carbons (Fsp3) is 0.312. The molecule has 0 saturated carbocycles. The Kier molecular flexibility index (Phi) is 3.89. The van der Waals surface area contributed by atoms with E-state index in [9.17, 15) is 17.6 Å². The van der Waals surface area contributed by atoms with Crippen molar-refractivity contribution in [3.63, 3.8) is 0 Å². The third kappa shape index (κ3) is 3.02. The molecule has 0 amide bonds. The van der Waals surface area contributed by atoms with Gasteiger partial charge in [0.05, 0.1) is 0 Å². The predicted molar refractivity (Wildman–Crippen MR) is 86.6 cm³/mol. The minimum atomic E-state index is -4.62. The maximum absolute atomic E-state index is 13.0. The fourth-order valence-corrected chi connectivity index (χ4v) is 2.97. The number of hydrogen-bond donors (Lipinski definition) is 0. The lowest BCUT2D eigenvalue weighted by molar-refractivity contribution is -0.146. The minimum absolute atomic E-state index is 0.0472. The molecule has 1 aliphatic heterocycles. The molecule has 136 valence electrons. The molecule has 4 rings (SSSR count). The number of rotatable bonds is 2. The normalized spacial score (nSPS) is 15.7.